The summed E-state index contributed by atoms with van der Waals surface area (Å²) in [6.07, 6.45) is 3.93. The van der Waals surface area contributed by atoms with Crippen molar-refractivity contribution in [3.05, 3.63) is 102 Å². The van der Waals surface area contributed by atoms with Crippen molar-refractivity contribution < 1.29 is 47.6 Å². The fraction of sp³-hybridized carbons (Fsp3) is 0.233. The molecule has 4 aromatic rings. The Morgan fingerprint density at radius 1 is 0.949 bits per heavy atom. The van der Waals surface area contributed by atoms with Crippen LogP contribution in [0.1, 0.15) is 23.7 Å². The molecule has 0 aliphatic carbocycles. The monoisotopic (exact) mass is 659 g/mol. The summed E-state index contributed by atoms with van der Waals surface area (Å²) in [4.78, 5) is 27.3. The topological polar surface area (TPSA) is 71.8 Å². The molecule has 0 atom stereocenters. The van der Waals surface area contributed by atoms with E-state index in [4.69, 9.17) is 21.1 Å². The average Bonchev–Trinajstić information content (AvgIpc) is 2.93. The minimum absolute atomic E-state index is 0. The van der Waals surface area contributed by atoms with Crippen molar-refractivity contribution in [2.24, 2.45) is 0 Å². The highest BCUT2D eigenvalue weighted by Gasteiger charge is 2.21. The van der Waals surface area contributed by atoms with Gasteiger partial charge in [-0.15, -0.1) is 0 Å². The zero-order chi connectivity index (χ0) is 26.7. The predicted molar refractivity (Wildman–Crippen MR) is 149 cm³/mol. The molecule has 0 radical (unpaired) electrons. The number of benzene rings is 3. The molecule has 3 aromatic carbocycles. The Labute approximate surface area is 250 Å². The summed E-state index contributed by atoms with van der Waals surface area (Å²) in [7, 11) is 0. The maximum Gasteiger partial charge on any atom is 0.407 e. The average molecular weight is 660 g/mol. The third-order valence-corrected chi connectivity index (χ3v) is 6.06. The number of aromatic nitrogens is 1. The molecule has 0 saturated heterocycles. The molecule has 0 fully saturated rings. The lowest BCUT2D eigenvalue weighted by molar-refractivity contribution is -0.697. The van der Waals surface area contributed by atoms with Gasteiger partial charge in [0.05, 0.1) is 13.1 Å². The van der Waals surface area contributed by atoms with Crippen molar-refractivity contribution in [1.29, 1.82) is 0 Å². The second-order valence-electron chi connectivity index (χ2n) is 8.66. The summed E-state index contributed by atoms with van der Waals surface area (Å²) >= 11 is 6.28. The van der Waals surface area contributed by atoms with Gasteiger partial charge >= 0.3 is 6.09 Å². The number of hydrogen-bond acceptors (Lipinski definition) is 4. The van der Waals surface area contributed by atoms with Crippen molar-refractivity contribution in [2.45, 2.75) is 19.9 Å². The van der Waals surface area contributed by atoms with E-state index in [1.165, 1.54) is 0 Å². The summed E-state index contributed by atoms with van der Waals surface area (Å²) in [5, 5.41) is 5.29. The van der Waals surface area contributed by atoms with Crippen LogP contribution in [0.3, 0.4) is 0 Å². The number of amides is 2. The molecule has 0 aliphatic heterocycles. The maximum atomic E-state index is 13.4. The molecule has 1 aromatic heterocycles. The van der Waals surface area contributed by atoms with Gasteiger partial charge in [0.1, 0.15) is 36.1 Å². The fourth-order valence-electron chi connectivity index (χ4n) is 4.13. The van der Waals surface area contributed by atoms with Crippen molar-refractivity contribution in [1.82, 2.24) is 5.32 Å². The van der Waals surface area contributed by atoms with E-state index in [0.29, 0.717) is 22.9 Å². The normalized spacial score (nSPS) is 10.4. The van der Waals surface area contributed by atoms with Crippen LogP contribution in [0.15, 0.2) is 91.3 Å². The lowest BCUT2D eigenvalue weighted by atomic mass is 10.1. The Bertz CT molecular complexity index is 1380. The van der Waals surface area contributed by atoms with Crippen LogP contribution in [0.25, 0.3) is 10.8 Å². The second kappa shape index (κ2) is 15.3. The largest absolute Gasteiger partial charge is 1.00 e. The second-order valence-corrected chi connectivity index (χ2v) is 9.10. The first-order valence-corrected chi connectivity index (χ1v) is 13.0. The van der Waals surface area contributed by atoms with Gasteiger partial charge in [0.2, 0.25) is 0 Å². The van der Waals surface area contributed by atoms with Crippen LogP contribution >= 0.6 is 11.6 Å². The van der Waals surface area contributed by atoms with E-state index in [2.05, 4.69) is 12.2 Å². The summed E-state index contributed by atoms with van der Waals surface area (Å²) < 4.78 is 13.1. The molecule has 7 nitrogen and oxygen atoms in total. The number of para-hydroxylation sites is 1. The number of halogens is 2. The van der Waals surface area contributed by atoms with Crippen LogP contribution in [-0.4, -0.2) is 38.3 Å². The maximum absolute atomic E-state index is 13.4. The summed E-state index contributed by atoms with van der Waals surface area (Å²) in [5.41, 5.74) is 1.16. The Balaban J connectivity index is 0.00000420. The lowest BCUT2D eigenvalue weighted by Gasteiger charge is -2.22. The summed E-state index contributed by atoms with van der Waals surface area (Å²) in [6, 6.07) is 24.7. The smallest absolute Gasteiger partial charge is 0.407 e. The number of nitrogens with one attached hydrogen (secondary N) is 1. The molecule has 204 valence electrons. The number of nitrogens with zero attached hydrogens (tertiary/aromatic N) is 2. The van der Waals surface area contributed by atoms with Crippen LogP contribution in [-0.2, 0) is 11.3 Å². The van der Waals surface area contributed by atoms with Gasteiger partial charge < -0.3 is 43.7 Å². The van der Waals surface area contributed by atoms with Crippen LogP contribution in [0.5, 0.6) is 5.75 Å². The number of ether oxygens (including phenoxy) is 2. The van der Waals surface area contributed by atoms with Crippen LogP contribution in [0.4, 0.5) is 10.5 Å². The van der Waals surface area contributed by atoms with Gasteiger partial charge in [-0.2, -0.15) is 0 Å². The molecule has 0 saturated carbocycles. The number of rotatable bonds is 11. The molecule has 4 rings (SSSR count). The van der Waals surface area contributed by atoms with E-state index in [9.17, 15) is 9.59 Å². The SMILES string of the molecule is CCC[n+]1cc(Cl)cc(C(=O)N(CCOC(=O)NCCOc2cccc3ccccc23)c2ccccc2)c1.[I-]. The molecule has 0 unspecified atom stereocenters. The van der Waals surface area contributed by atoms with E-state index < -0.39 is 6.09 Å². The molecule has 39 heavy (non-hydrogen) atoms. The predicted octanol–water partition coefficient (Wildman–Crippen LogP) is 2.65. The van der Waals surface area contributed by atoms with E-state index in [1.54, 1.807) is 23.4 Å². The minimum Gasteiger partial charge on any atom is -1.00 e. The number of carbonyl (C=O) groups is 2. The van der Waals surface area contributed by atoms with Crippen molar-refractivity contribution >= 4 is 40.1 Å². The fourth-order valence-corrected chi connectivity index (χ4v) is 4.37. The highest BCUT2D eigenvalue weighted by atomic mass is 127. The molecule has 1 N–H and O–H groups in total. The highest BCUT2D eigenvalue weighted by molar-refractivity contribution is 6.30. The van der Waals surface area contributed by atoms with Gasteiger partial charge in [-0.1, -0.05) is 73.1 Å². The molecule has 0 spiro atoms. The van der Waals surface area contributed by atoms with E-state index in [1.807, 2.05) is 77.4 Å². The number of alkyl carbamates (subject to hydrolysis) is 1. The van der Waals surface area contributed by atoms with Gasteiger partial charge in [-0.3, -0.25) is 4.79 Å². The standard InChI is InChI=1S/C30H30ClN3O4.HI/c1-2-16-33-21-24(20-25(31)22-33)29(35)34(26-11-4-3-5-12-26)17-19-38-30(36)32-15-18-37-28-14-8-10-23-9-6-7-13-27(23)28;/h3-14,20-22H,2,15-19H2,1H3;1H. The molecule has 1 heterocycles. The number of carbonyl (C=O) groups excluding carboxylic acids is 2. The Morgan fingerprint density at radius 3 is 2.49 bits per heavy atom. The molecule has 0 aliphatic rings. The van der Waals surface area contributed by atoms with E-state index >= 15 is 0 Å². The number of hydrogen-bond donors (Lipinski definition) is 1. The quantitative estimate of drug-likeness (QED) is 0.153. The highest BCUT2D eigenvalue weighted by Crippen LogP contribution is 2.25. The Hall–Kier alpha value is -3.37. The van der Waals surface area contributed by atoms with E-state index in [-0.39, 0.29) is 49.6 Å². The zero-order valence-electron chi connectivity index (χ0n) is 21.7. The van der Waals surface area contributed by atoms with Gasteiger partial charge in [-0.25, -0.2) is 9.36 Å². The van der Waals surface area contributed by atoms with Crippen molar-refractivity contribution in [3.63, 3.8) is 0 Å². The molecular formula is C30H31ClIN3O4. The van der Waals surface area contributed by atoms with Gasteiger partial charge in [0, 0.05) is 17.5 Å². The number of pyridine rings is 1. The van der Waals surface area contributed by atoms with Crippen LogP contribution in [0, 0.1) is 0 Å². The first-order valence-electron chi connectivity index (χ1n) is 12.6. The number of aryl methyl sites for hydroxylation is 1. The van der Waals surface area contributed by atoms with Crippen molar-refractivity contribution in [2.75, 3.05) is 31.2 Å². The zero-order valence-corrected chi connectivity index (χ0v) is 24.6. The summed E-state index contributed by atoms with van der Waals surface area (Å²) in [5.74, 6) is 0.535. The van der Waals surface area contributed by atoms with Crippen LogP contribution < -0.4 is 43.5 Å². The van der Waals surface area contributed by atoms with Crippen molar-refractivity contribution in [3.8, 4) is 5.75 Å². The molecule has 9 heteroatoms. The third kappa shape index (κ3) is 8.56. The van der Waals surface area contributed by atoms with Gasteiger partial charge in [0.25, 0.3) is 5.91 Å². The van der Waals surface area contributed by atoms with Gasteiger partial charge in [0.15, 0.2) is 12.4 Å². The Morgan fingerprint density at radius 2 is 1.69 bits per heavy atom. The third-order valence-electron chi connectivity index (χ3n) is 5.86. The number of fused-ring (bicyclic) bond motifs is 1. The first kappa shape index (κ1) is 30.2. The molecular weight excluding hydrogens is 629 g/mol. The van der Waals surface area contributed by atoms with Gasteiger partial charge in [-0.05, 0) is 29.7 Å². The molecule has 2 amide bonds. The van der Waals surface area contributed by atoms with E-state index in [0.717, 1.165) is 29.5 Å². The first-order chi connectivity index (χ1) is 18.5. The minimum atomic E-state index is -0.574. The lowest BCUT2D eigenvalue weighted by Crippen LogP contribution is -3.00. The Kier molecular flexibility index (Phi) is 11.8. The summed E-state index contributed by atoms with van der Waals surface area (Å²) in [6.45, 7) is 3.59. The molecule has 0 bridgehead atoms. The number of anilines is 1. The van der Waals surface area contributed by atoms with Crippen LogP contribution in [0.2, 0.25) is 5.02 Å².